The van der Waals surface area contributed by atoms with E-state index in [0.717, 1.165) is 32.6 Å². The number of rotatable bonds is 0. The molecular weight excluding hydrogens is 400 g/mol. The number of benzene rings is 4. The van der Waals surface area contributed by atoms with Crippen LogP contribution in [0, 0.1) is 0 Å². The van der Waals surface area contributed by atoms with E-state index in [9.17, 15) is 9.59 Å². The lowest BCUT2D eigenvalue weighted by atomic mass is 10.1. The van der Waals surface area contributed by atoms with Crippen molar-refractivity contribution >= 4 is 54.7 Å². The molecule has 6 heteroatoms. The van der Waals surface area contributed by atoms with Gasteiger partial charge in [-0.25, -0.2) is 0 Å². The summed E-state index contributed by atoms with van der Waals surface area (Å²) in [6, 6.07) is 26.1. The number of H-pyrrole nitrogens is 2. The molecule has 0 aliphatic heterocycles. The molecule has 2 heterocycles. The van der Waals surface area contributed by atoms with Gasteiger partial charge in [-0.2, -0.15) is 0 Å². The van der Waals surface area contributed by atoms with Gasteiger partial charge < -0.3 is 21.4 Å². The van der Waals surface area contributed by atoms with Crippen LogP contribution in [-0.2, 0) is 0 Å². The number of nitrogens with two attached hydrogens (primary N) is 2. The average Bonchev–Trinajstić information content (AvgIpc) is 2.80. The molecule has 32 heavy (non-hydrogen) atoms. The van der Waals surface area contributed by atoms with E-state index in [1.807, 2.05) is 66.7 Å². The summed E-state index contributed by atoms with van der Waals surface area (Å²) in [5.74, 6) is 0. The molecule has 6 aromatic rings. The summed E-state index contributed by atoms with van der Waals surface area (Å²) in [7, 11) is 0. The number of hydrogen-bond donors (Lipinski definition) is 4. The van der Waals surface area contributed by atoms with Crippen LogP contribution >= 0.6 is 0 Å². The van der Waals surface area contributed by atoms with E-state index >= 15 is 0 Å². The van der Waals surface area contributed by atoms with Crippen molar-refractivity contribution in [3.8, 4) is 0 Å². The van der Waals surface area contributed by atoms with Crippen molar-refractivity contribution in [2.75, 3.05) is 11.5 Å². The van der Waals surface area contributed by atoms with Crippen molar-refractivity contribution in [3.63, 3.8) is 0 Å². The highest BCUT2D eigenvalue weighted by molar-refractivity contribution is 6.11. The topological polar surface area (TPSA) is 118 Å². The summed E-state index contributed by atoms with van der Waals surface area (Å²) >= 11 is 0. The minimum atomic E-state index is -0.0963. The molecule has 4 aromatic carbocycles. The second-order valence-corrected chi connectivity index (χ2v) is 7.54. The Morgan fingerprint density at radius 3 is 1.75 bits per heavy atom. The molecule has 0 fully saturated rings. The van der Waals surface area contributed by atoms with E-state index in [-0.39, 0.29) is 11.1 Å². The second-order valence-electron chi connectivity index (χ2n) is 7.54. The second kappa shape index (κ2) is 7.59. The largest absolute Gasteiger partial charge is 0.398 e. The number of aromatic nitrogens is 2. The highest BCUT2D eigenvalue weighted by Crippen LogP contribution is 2.26. The first-order valence-corrected chi connectivity index (χ1v) is 10.1. The standard InChI is InChI=1S/2C13H10N2O/c14-10-6-3-5-9-12(10)8-4-1-2-7-11(8)15-13(9)16;14-10-6-3-7-11-12(10)8-4-1-2-5-9(8)13(16)15-11/h2*1-7H,14H2,(H,15,16). The fourth-order valence-corrected chi connectivity index (χ4v) is 4.12. The van der Waals surface area contributed by atoms with Gasteiger partial charge >= 0.3 is 0 Å². The van der Waals surface area contributed by atoms with Crippen LogP contribution in [0.1, 0.15) is 0 Å². The third kappa shape index (κ3) is 3.15. The molecule has 0 spiro atoms. The van der Waals surface area contributed by atoms with Crippen LogP contribution in [0.25, 0.3) is 43.4 Å². The van der Waals surface area contributed by atoms with Gasteiger partial charge in [0.25, 0.3) is 11.1 Å². The summed E-state index contributed by atoms with van der Waals surface area (Å²) < 4.78 is 0. The molecule has 0 amide bonds. The van der Waals surface area contributed by atoms with E-state index in [4.69, 9.17) is 11.5 Å². The van der Waals surface area contributed by atoms with Crippen LogP contribution in [0.5, 0.6) is 0 Å². The van der Waals surface area contributed by atoms with Crippen LogP contribution in [0.4, 0.5) is 11.4 Å². The first-order chi connectivity index (χ1) is 15.5. The van der Waals surface area contributed by atoms with E-state index in [2.05, 4.69) is 9.97 Å². The fourth-order valence-electron chi connectivity index (χ4n) is 4.12. The molecule has 0 unspecified atom stereocenters. The normalized spacial score (nSPS) is 11.0. The van der Waals surface area contributed by atoms with Crippen molar-refractivity contribution in [3.05, 3.63) is 106 Å². The Morgan fingerprint density at radius 1 is 0.469 bits per heavy atom. The molecule has 6 N–H and O–H groups in total. The van der Waals surface area contributed by atoms with Gasteiger partial charge in [-0.05, 0) is 41.8 Å². The SMILES string of the molecule is Nc1cccc2[nH]c(=O)c3ccccc3c12.Nc1cccc2c(=O)[nH]c3ccccc3c12. The first kappa shape index (κ1) is 19.4. The van der Waals surface area contributed by atoms with Crippen molar-refractivity contribution in [1.82, 2.24) is 9.97 Å². The number of para-hydroxylation sites is 1. The lowest BCUT2D eigenvalue weighted by Crippen LogP contribution is -2.07. The van der Waals surface area contributed by atoms with E-state index in [0.29, 0.717) is 22.1 Å². The highest BCUT2D eigenvalue weighted by Gasteiger charge is 2.07. The fraction of sp³-hybridized carbons (Fsp3) is 0. The number of hydrogen-bond acceptors (Lipinski definition) is 4. The van der Waals surface area contributed by atoms with Crippen molar-refractivity contribution < 1.29 is 0 Å². The Morgan fingerprint density at radius 2 is 0.969 bits per heavy atom. The van der Waals surface area contributed by atoms with Gasteiger partial charge in [-0.15, -0.1) is 0 Å². The minimum Gasteiger partial charge on any atom is -0.398 e. The van der Waals surface area contributed by atoms with Crippen LogP contribution in [0.2, 0.25) is 0 Å². The predicted octanol–water partition coefficient (Wildman–Crippen LogP) is 4.53. The van der Waals surface area contributed by atoms with Gasteiger partial charge in [-0.1, -0.05) is 48.5 Å². The molecule has 0 saturated carbocycles. The summed E-state index contributed by atoms with van der Waals surface area (Å²) in [5, 5.41) is 4.95. The van der Waals surface area contributed by atoms with E-state index in [1.165, 1.54) is 0 Å². The molecule has 2 aromatic heterocycles. The third-order valence-electron chi connectivity index (χ3n) is 5.57. The van der Waals surface area contributed by atoms with Gasteiger partial charge in [0.1, 0.15) is 0 Å². The molecule has 156 valence electrons. The van der Waals surface area contributed by atoms with Crippen LogP contribution in [-0.4, -0.2) is 9.97 Å². The Kier molecular flexibility index (Phi) is 4.60. The van der Waals surface area contributed by atoms with Crippen molar-refractivity contribution in [2.45, 2.75) is 0 Å². The molecule has 6 nitrogen and oxygen atoms in total. The van der Waals surface area contributed by atoms with Crippen molar-refractivity contribution in [1.29, 1.82) is 0 Å². The Hall–Kier alpha value is -4.58. The molecule has 0 aliphatic rings. The molecule has 0 bridgehead atoms. The molecule has 0 aliphatic carbocycles. The van der Waals surface area contributed by atoms with Crippen LogP contribution in [0.15, 0.2) is 94.5 Å². The maximum Gasteiger partial charge on any atom is 0.256 e. The van der Waals surface area contributed by atoms with Gasteiger partial charge in [-0.3, -0.25) is 9.59 Å². The highest BCUT2D eigenvalue weighted by atomic mass is 16.1. The first-order valence-electron chi connectivity index (χ1n) is 10.1. The lowest BCUT2D eigenvalue weighted by molar-refractivity contribution is 1.34. The van der Waals surface area contributed by atoms with Gasteiger partial charge in [0.05, 0.1) is 5.52 Å². The molecular formula is C26H20N4O2. The van der Waals surface area contributed by atoms with E-state index < -0.39 is 0 Å². The smallest absolute Gasteiger partial charge is 0.256 e. The van der Waals surface area contributed by atoms with Gasteiger partial charge in [0.2, 0.25) is 0 Å². The molecule has 0 saturated heterocycles. The Bertz CT molecular complexity index is 1750. The summed E-state index contributed by atoms with van der Waals surface area (Å²) in [4.78, 5) is 29.3. The maximum atomic E-state index is 11.8. The maximum absolute atomic E-state index is 11.8. The van der Waals surface area contributed by atoms with Crippen molar-refractivity contribution in [2.24, 2.45) is 0 Å². The predicted molar refractivity (Wildman–Crippen MR) is 133 cm³/mol. The zero-order valence-corrected chi connectivity index (χ0v) is 17.1. The number of anilines is 2. The molecule has 6 rings (SSSR count). The van der Waals surface area contributed by atoms with Crippen LogP contribution < -0.4 is 22.6 Å². The number of aromatic amines is 2. The summed E-state index contributed by atoms with van der Waals surface area (Å²) in [5.41, 5.74) is 14.6. The number of fused-ring (bicyclic) bond motifs is 6. The number of nitrogen functional groups attached to an aromatic ring is 2. The quantitative estimate of drug-likeness (QED) is 0.213. The zero-order valence-electron chi connectivity index (χ0n) is 17.1. The van der Waals surface area contributed by atoms with Gasteiger partial charge in [0, 0.05) is 43.8 Å². The van der Waals surface area contributed by atoms with Crippen LogP contribution in [0.3, 0.4) is 0 Å². The monoisotopic (exact) mass is 420 g/mol. The Labute approximate surface area is 182 Å². The minimum absolute atomic E-state index is 0.0753. The molecule has 0 atom stereocenters. The zero-order chi connectivity index (χ0) is 22.2. The summed E-state index contributed by atoms with van der Waals surface area (Å²) in [6.45, 7) is 0. The Balaban J connectivity index is 0.000000135. The van der Waals surface area contributed by atoms with Gasteiger partial charge in [0.15, 0.2) is 0 Å². The lowest BCUT2D eigenvalue weighted by Gasteiger charge is -2.05. The van der Waals surface area contributed by atoms with E-state index in [1.54, 1.807) is 18.2 Å². The molecule has 0 radical (unpaired) electrons. The average molecular weight is 420 g/mol. The third-order valence-corrected chi connectivity index (χ3v) is 5.57. The number of nitrogens with one attached hydrogen (secondary N) is 2. The summed E-state index contributed by atoms with van der Waals surface area (Å²) in [6.07, 6.45) is 0. The number of pyridine rings is 2.